The van der Waals surface area contributed by atoms with E-state index in [9.17, 15) is 14.4 Å². The van der Waals surface area contributed by atoms with E-state index in [0.29, 0.717) is 17.8 Å². The van der Waals surface area contributed by atoms with E-state index in [-0.39, 0.29) is 30.2 Å². The molecule has 8 heteroatoms. The predicted octanol–water partition coefficient (Wildman–Crippen LogP) is 2.76. The van der Waals surface area contributed by atoms with Crippen LogP contribution in [0.1, 0.15) is 47.9 Å². The average molecular weight is 417 g/mol. The number of piperidine rings is 1. The standard InChI is InChI=1S/C23H23N5O3/c29-20(13-18-23(31)26-15-8-2-1-7-14(15)22(30)27-18)28-12-6-5-11-19(28)21-24-16-9-3-4-10-17(16)25-21/h1-4,7-10,18-19H,5-6,11-13H2,(H,24,25)(H,26,31)(H,27,30)/t18-,19-/m1/s1. The summed E-state index contributed by atoms with van der Waals surface area (Å²) in [5.41, 5.74) is 2.65. The number of rotatable bonds is 3. The van der Waals surface area contributed by atoms with Crippen LogP contribution in [0.3, 0.4) is 0 Å². The molecule has 5 rings (SSSR count). The van der Waals surface area contributed by atoms with Crippen LogP contribution in [-0.2, 0) is 9.59 Å². The van der Waals surface area contributed by atoms with Crippen LogP contribution in [0.5, 0.6) is 0 Å². The second kappa shape index (κ2) is 7.86. The number of amides is 3. The van der Waals surface area contributed by atoms with Gasteiger partial charge in [0, 0.05) is 6.54 Å². The number of hydrogen-bond donors (Lipinski definition) is 3. The van der Waals surface area contributed by atoms with Crippen molar-refractivity contribution >= 4 is 34.4 Å². The van der Waals surface area contributed by atoms with E-state index in [4.69, 9.17) is 0 Å². The molecule has 0 bridgehead atoms. The minimum absolute atomic E-state index is 0.0950. The quantitative estimate of drug-likeness (QED) is 0.609. The van der Waals surface area contributed by atoms with Crippen molar-refractivity contribution in [1.29, 1.82) is 0 Å². The number of imidazole rings is 1. The van der Waals surface area contributed by atoms with Gasteiger partial charge >= 0.3 is 0 Å². The number of nitrogens with one attached hydrogen (secondary N) is 3. The number of H-pyrrole nitrogens is 1. The number of benzene rings is 2. The summed E-state index contributed by atoms with van der Waals surface area (Å²) in [6.45, 7) is 0.600. The van der Waals surface area contributed by atoms with Gasteiger partial charge in [0.2, 0.25) is 11.8 Å². The second-order valence-corrected chi connectivity index (χ2v) is 8.00. The highest BCUT2D eigenvalue weighted by Gasteiger charge is 2.35. The molecule has 2 atom stereocenters. The van der Waals surface area contributed by atoms with E-state index in [1.807, 2.05) is 24.3 Å². The van der Waals surface area contributed by atoms with Gasteiger partial charge in [0.1, 0.15) is 11.9 Å². The largest absolute Gasteiger partial charge is 0.340 e. The Kier molecular flexibility index (Phi) is 4.89. The predicted molar refractivity (Wildman–Crippen MR) is 115 cm³/mol. The van der Waals surface area contributed by atoms with Crippen molar-refractivity contribution in [2.24, 2.45) is 0 Å². The molecule has 2 aromatic carbocycles. The maximum atomic E-state index is 13.3. The minimum atomic E-state index is -0.925. The Morgan fingerprint density at radius 1 is 1.06 bits per heavy atom. The third-order valence-electron chi connectivity index (χ3n) is 5.98. The van der Waals surface area contributed by atoms with E-state index in [2.05, 4.69) is 20.6 Å². The van der Waals surface area contributed by atoms with Gasteiger partial charge in [-0.1, -0.05) is 24.3 Å². The molecule has 3 heterocycles. The molecule has 1 aromatic heterocycles. The molecular formula is C23H23N5O3. The zero-order chi connectivity index (χ0) is 21.4. The highest BCUT2D eigenvalue weighted by atomic mass is 16.2. The van der Waals surface area contributed by atoms with Gasteiger partial charge < -0.3 is 20.5 Å². The summed E-state index contributed by atoms with van der Waals surface area (Å²) in [7, 11) is 0. The number of aromatic nitrogens is 2. The number of likely N-dealkylation sites (tertiary alicyclic amines) is 1. The van der Waals surface area contributed by atoms with Crippen molar-refractivity contribution in [3.8, 4) is 0 Å². The molecule has 0 radical (unpaired) electrons. The Morgan fingerprint density at radius 2 is 1.87 bits per heavy atom. The van der Waals surface area contributed by atoms with Crippen molar-refractivity contribution in [3.05, 3.63) is 59.9 Å². The molecule has 3 N–H and O–H groups in total. The molecule has 31 heavy (non-hydrogen) atoms. The van der Waals surface area contributed by atoms with E-state index in [0.717, 1.165) is 36.1 Å². The van der Waals surface area contributed by atoms with Crippen LogP contribution in [0.2, 0.25) is 0 Å². The lowest BCUT2D eigenvalue weighted by Gasteiger charge is -2.35. The molecule has 8 nitrogen and oxygen atoms in total. The minimum Gasteiger partial charge on any atom is -0.340 e. The maximum Gasteiger partial charge on any atom is 0.254 e. The van der Waals surface area contributed by atoms with E-state index < -0.39 is 6.04 Å². The highest BCUT2D eigenvalue weighted by Crippen LogP contribution is 2.31. The van der Waals surface area contributed by atoms with Gasteiger partial charge in [0.15, 0.2) is 0 Å². The van der Waals surface area contributed by atoms with Gasteiger partial charge in [0.25, 0.3) is 5.91 Å². The normalized spacial score (nSPS) is 21.2. The lowest BCUT2D eigenvalue weighted by atomic mass is 10.00. The maximum absolute atomic E-state index is 13.3. The number of para-hydroxylation sites is 3. The van der Waals surface area contributed by atoms with E-state index in [1.165, 1.54) is 0 Å². The van der Waals surface area contributed by atoms with Gasteiger partial charge in [-0.2, -0.15) is 0 Å². The zero-order valence-electron chi connectivity index (χ0n) is 16.9. The van der Waals surface area contributed by atoms with Crippen LogP contribution in [0.15, 0.2) is 48.5 Å². The first-order chi connectivity index (χ1) is 15.1. The van der Waals surface area contributed by atoms with Gasteiger partial charge in [-0.25, -0.2) is 4.98 Å². The summed E-state index contributed by atoms with van der Waals surface area (Å²) in [6, 6.07) is 13.5. The first-order valence-corrected chi connectivity index (χ1v) is 10.5. The Morgan fingerprint density at radius 3 is 2.74 bits per heavy atom. The third kappa shape index (κ3) is 3.65. The third-order valence-corrected chi connectivity index (χ3v) is 5.98. The highest BCUT2D eigenvalue weighted by molar-refractivity contribution is 6.10. The van der Waals surface area contributed by atoms with Crippen LogP contribution in [0.4, 0.5) is 5.69 Å². The molecule has 2 aliphatic heterocycles. The van der Waals surface area contributed by atoms with Crippen molar-refractivity contribution in [1.82, 2.24) is 20.2 Å². The molecular weight excluding hydrogens is 394 g/mol. The number of aromatic amines is 1. The molecule has 0 spiro atoms. The topological polar surface area (TPSA) is 107 Å². The lowest BCUT2D eigenvalue weighted by molar-refractivity contribution is -0.137. The van der Waals surface area contributed by atoms with Crippen molar-refractivity contribution < 1.29 is 14.4 Å². The molecule has 2 aliphatic rings. The fourth-order valence-electron chi connectivity index (χ4n) is 4.39. The molecule has 0 unspecified atom stereocenters. The Bertz CT molecular complexity index is 1140. The van der Waals surface area contributed by atoms with Crippen LogP contribution >= 0.6 is 0 Å². The molecule has 3 amide bonds. The molecule has 0 aliphatic carbocycles. The molecule has 1 saturated heterocycles. The van der Waals surface area contributed by atoms with Gasteiger partial charge in [0.05, 0.1) is 34.7 Å². The van der Waals surface area contributed by atoms with Crippen LogP contribution in [0.25, 0.3) is 11.0 Å². The van der Waals surface area contributed by atoms with Gasteiger partial charge in [-0.05, 0) is 43.5 Å². The van der Waals surface area contributed by atoms with Gasteiger partial charge in [-0.3, -0.25) is 14.4 Å². The number of hydrogen-bond acceptors (Lipinski definition) is 4. The smallest absolute Gasteiger partial charge is 0.254 e. The summed E-state index contributed by atoms with van der Waals surface area (Å²) < 4.78 is 0. The Balaban J connectivity index is 1.36. The van der Waals surface area contributed by atoms with Crippen molar-refractivity contribution in [2.45, 2.75) is 37.8 Å². The SMILES string of the molecule is O=C1N[C@H](CC(=O)N2CCCC[C@@H]2c2nc3ccccc3[nH]2)C(=O)Nc2ccccc21. The number of anilines is 1. The van der Waals surface area contributed by atoms with Crippen LogP contribution in [-0.4, -0.2) is 45.2 Å². The first-order valence-electron chi connectivity index (χ1n) is 10.5. The number of carbonyl (C=O) groups is 3. The Labute approximate surface area is 179 Å². The lowest BCUT2D eigenvalue weighted by Crippen LogP contribution is -2.47. The van der Waals surface area contributed by atoms with Crippen molar-refractivity contribution in [2.75, 3.05) is 11.9 Å². The molecule has 0 saturated carbocycles. The molecule has 158 valence electrons. The van der Waals surface area contributed by atoms with Gasteiger partial charge in [-0.15, -0.1) is 0 Å². The monoisotopic (exact) mass is 417 g/mol. The summed E-state index contributed by atoms with van der Waals surface area (Å²) >= 11 is 0. The van der Waals surface area contributed by atoms with Crippen LogP contribution in [0, 0.1) is 0 Å². The summed E-state index contributed by atoms with van der Waals surface area (Å²) in [6.07, 6.45) is 2.61. The summed E-state index contributed by atoms with van der Waals surface area (Å²) in [5.74, 6) is -0.157. The van der Waals surface area contributed by atoms with Crippen molar-refractivity contribution in [3.63, 3.8) is 0 Å². The summed E-state index contributed by atoms with van der Waals surface area (Å²) in [4.78, 5) is 48.3. The number of carbonyl (C=O) groups excluding carboxylic acids is 3. The second-order valence-electron chi connectivity index (χ2n) is 8.00. The first kappa shape index (κ1) is 19.3. The zero-order valence-corrected chi connectivity index (χ0v) is 16.9. The van der Waals surface area contributed by atoms with E-state index in [1.54, 1.807) is 29.2 Å². The van der Waals surface area contributed by atoms with Crippen LogP contribution < -0.4 is 10.6 Å². The molecule has 1 fully saturated rings. The number of nitrogens with zero attached hydrogens (tertiary/aromatic N) is 2. The Hall–Kier alpha value is -3.68. The number of fused-ring (bicyclic) bond motifs is 2. The fourth-order valence-corrected chi connectivity index (χ4v) is 4.39. The fraction of sp³-hybridized carbons (Fsp3) is 0.304. The van der Waals surface area contributed by atoms with E-state index >= 15 is 0 Å². The molecule has 3 aromatic rings. The average Bonchev–Trinajstić information content (AvgIpc) is 3.18. The summed E-state index contributed by atoms with van der Waals surface area (Å²) in [5, 5.41) is 5.47.